The highest BCUT2D eigenvalue weighted by molar-refractivity contribution is 5.99. The quantitative estimate of drug-likeness (QED) is 0.792. The first-order valence-electron chi connectivity index (χ1n) is 9.72. The van der Waals surface area contributed by atoms with E-state index in [4.69, 9.17) is 0 Å². The van der Waals surface area contributed by atoms with Gasteiger partial charge in [-0.2, -0.15) is 0 Å². The fraction of sp³-hybridized carbons (Fsp3) is 0.409. The average molecular weight is 365 g/mol. The first-order valence-corrected chi connectivity index (χ1v) is 9.72. The summed E-state index contributed by atoms with van der Waals surface area (Å²) < 4.78 is 0. The van der Waals surface area contributed by atoms with Gasteiger partial charge in [-0.15, -0.1) is 0 Å². The maximum absolute atomic E-state index is 12.5. The molecule has 0 aliphatic heterocycles. The molecule has 1 aliphatic rings. The van der Waals surface area contributed by atoms with Gasteiger partial charge in [0.25, 0.3) is 11.8 Å². The molecule has 0 bridgehead atoms. The second kappa shape index (κ2) is 9.31. The molecule has 2 aromatic rings. The molecule has 3 rings (SSSR count). The Bertz CT molecular complexity index is 796. The van der Waals surface area contributed by atoms with E-state index in [1.807, 2.05) is 31.2 Å². The SMILES string of the molecule is Cc1ccccc1CNC(=O)c1cncc(C(=O)NC2CCCCCC2)c1. The summed E-state index contributed by atoms with van der Waals surface area (Å²) in [6.45, 7) is 2.46. The Kier molecular flexibility index (Phi) is 6.58. The molecule has 2 amide bonds. The molecule has 0 spiro atoms. The molecule has 27 heavy (non-hydrogen) atoms. The van der Waals surface area contributed by atoms with Crippen molar-refractivity contribution < 1.29 is 9.59 Å². The van der Waals surface area contributed by atoms with E-state index in [9.17, 15) is 9.59 Å². The summed E-state index contributed by atoms with van der Waals surface area (Å²) in [5.41, 5.74) is 3.04. The highest BCUT2D eigenvalue weighted by Crippen LogP contribution is 2.17. The Morgan fingerprint density at radius 2 is 1.67 bits per heavy atom. The molecular weight excluding hydrogens is 338 g/mol. The van der Waals surface area contributed by atoms with Gasteiger partial charge < -0.3 is 10.6 Å². The molecule has 5 nitrogen and oxygen atoms in total. The first-order chi connectivity index (χ1) is 13.1. The standard InChI is InChI=1S/C22H27N3O2/c1-16-8-6-7-9-17(16)15-24-21(26)18-12-19(14-23-13-18)22(27)25-20-10-4-2-3-5-11-20/h6-9,12-14,20H,2-5,10-11,15H2,1H3,(H,24,26)(H,25,27). The van der Waals surface area contributed by atoms with E-state index in [2.05, 4.69) is 15.6 Å². The molecule has 1 fully saturated rings. The topological polar surface area (TPSA) is 71.1 Å². The van der Waals surface area contributed by atoms with E-state index < -0.39 is 0 Å². The van der Waals surface area contributed by atoms with Gasteiger partial charge in [0, 0.05) is 25.0 Å². The lowest BCUT2D eigenvalue weighted by Gasteiger charge is -2.16. The lowest BCUT2D eigenvalue weighted by molar-refractivity contribution is 0.0933. The van der Waals surface area contributed by atoms with Crippen molar-refractivity contribution in [3.8, 4) is 0 Å². The number of benzene rings is 1. The largest absolute Gasteiger partial charge is 0.349 e. The van der Waals surface area contributed by atoms with Crippen molar-refractivity contribution in [2.75, 3.05) is 0 Å². The number of nitrogens with one attached hydrogen (secondary N) is 2. The van der Waals surface area contributed by atoms with Crippen molar-refractivity contribution >= 4 is 11.8 Å². The molecule has 1 aliphatic carbocycles. The van der Waals surface area contributed by atoms with Crippen molar-refractivity contribution in [2.24, 2.45) is 0 Å². The van der Waals surface area contributed by atoms with Gasteiger partial charge >= 0.3 is 0 Å². The van der Waals surface area contributed by atoms with Crippen molar-refractivity contribution in [3.63, 3.8) is 0 Å². The van der Waals surface area contributed by atoms with Crippen LogP contribution in [0.4, 0.5) is 0 Å². The molecule has 142 valence electrons. The monoisotopic (exact) mass is 365 g/mol. The summed E-state index contributed by atoms with van der Waals surface area (Å²) in [6.07, 6.45) is 9.86. The van der Waals surface area contributed by atoms with Crippen LogP contribution in [0.3, 0.4) is 0 Å². The number of rotatable bonds is 5. The van der Waals surface area contributed by atoms with Gasteiger partial charge in [0.15, 0.2) is 0 Å². The smallest absolute Gasteiger partial charge is 0.253 e. The number of carbonyl (C=O) groups is 2. The van der Waals surface area contributed by atoms with Gasteiger partial charge in [0.05, 0.1) is 11.1 Å². The molecule has 1 heterocycles. The Hall–Kier alpha value is -2.69. The number of carbonyl (C=O) groups excluding carboxylic acids is 2. The molecule has 0 unspecified atom stereocenters. The summed E-state index contributed by atoms with van der Waals surface area (Å²) in [5.74, 6) is -0.377. The number of pyridine rings is 1. The highest BCUT2D eigenvalue weighted by Gasteiger charge is 2.17. The van der Waals surface area contributed by atoms with E-state index >= 15 is 0 Å². The molecule has 2 N–H and O–H groups in total. The van der Waals surface area contributed by atoms with Gasteiger partial charge in [0.2, 0.25) is 0 Å². The lowest BCUT2D eigenvalue weighted by atomic mass is 10.1. The van der Waals surface area contributed by atoms with Crippen LogP contribution < -0.4 is 10.6 Å². The summed E-state index contributed by atoms with van der Waals surface area (Å²) in [5, 5.41) is 6.00. The zero-order valence-electron chi connectivity index (χ0n) is 15.8. The Morgan fingerprint density at radius 1 is 1.00 bits per heavy atom. The van der Waals surface area contributed by atoms with Gasteiger partial charge in [-0.1, -0.05) is 49.9 Å². The van der Waals surface area contributed by atoms with Crippen LogP contribution >= 0.6 is 0 Å². The van der Waals surface area contributed by atoms with E-state index in [0.29, 0.717) is 17.7 Å². The Morgan fingerprint density at radius 3 is 2.37 bits per heavy atom. The fourth-order valence-corrected chi connectivity index (χ4v) is 3.47. The number of amides is 2. The molecule has 0 atom stereocenters. The minimum Gasteiger partial charge on any atom is -0.349 e. The van der Waals surface area contributed by atoms with Crippen molar-refractivity contribution in [3.05, 3.63) is 65.0 Å². The maximum atomic E-state index is 12.5. The average Bonchev–Trinajstić information content (AvgIpc) is 2.96. The van der Waals surface area contributed by atoms with Crippen LogP contribution in [0.5, 0.6) is 0 Å². The van der Waals surface area contributed by atoms with Crippen molar-refractivity contribution in [1.82, 2.24) is 15.6 Å². The number of hydrogen-bond acceptors (Lipinski definition) is 3. The molecule has 5 heteroatoms. The maximum Gasteiger partial charge on any atom is 0.253 e. The molecule has 1 saturated carbocycles. The van der Waals surface area contributed by atoms with Gasteiger partial charge in [-0.3, -0.25) is 14.6 Å². The van der Waals surface area contributed by atoms with E-state index in [-0.39, 0.29) is 17.9 Å². The summed E-state index contributed by atoms with van der Waals surface area (Å²) in [7, 11) is 0. The first kappa shape index (κ1) is 19.1. The summed E-state index contributed by atoms with van der Waals surface area (Å²) in [6, 6.07) is 9.77. The second-order valence-electron chi connectivity index (χ2n) is 7.23. The van der Waals surface area contributed by atoms with E-state index in [1.165, 1.54) is 25.2 Å². The zero-order chi connectivity index (χ0) is 19.1. The van der Waals surface area contributed by atoms with Gasteiger partial charge in [0.1, 0.15) is 0 Å². The minimum absolute atomic E-state index is 0.150. The molecular formula is C22H27N3O2. The van der Waals surface area contributed by atoms with Crippen LogP contribution in [0.2, 0.25) is 0 Å². The predicted octanol–water partition coefficient (Wildman–Crippen LogP) is 3.77. The van der Waals surface area contributed by atoms with Crippen molar-refractivity contribution in [2.45, 2.75) is 58.0 Å². The molecule has 0 radical (unpaired) electrons. The fourth-order valence-electron chi connectivity index (χ4n) is 3.47. The van der Waals surface area contributed by atoms with Crippen LogP contribution in [-0.2, 0) is 6.54 Å². The third-order valence-electron chi connectivity index (χ3n) is 5.15. The van der Waals surface area contributed by atoms with Crippen molar-refractivity contribution in [1.29, 1.82) is 0 Å². The third kappa shape index (κ3) is 5.39. The predicted molar refractivity (Wildman–Crippen MR) is 106 cm³/mol. The number of aryl methyl sites for hydroxylation is 1. The lowest BCUT2D eigenvalue weighted by Crippen LogP contribution is -2.34. The number of nitrogens with zero attached hydrogens (tertiary/aromatic N) is 1. The van der Waals surface area contributed by atoms with Crippen LogP contribution in [-0.4, -0.2) is 22.8 Å². The molecule has 0 saturated heterocycles. The summed E-state index contributed by atoms with van der Waals surface area (Å²) in [4.78, 5) is 29.1. The number of hydrogen-bond donors (Lipinski definition) is 2. The zero-order valence-corrected chi connectivity index (χ0v) is 15.8. The number of aromatic nitrogens is 1. The Balaban J connectivity index is 1.61. The molecule has 1 aromatic carbocycles. The van der Waals surface area contributed by atoms with Crippen LogP contribution in [0, 0.1) is 6.92 Å². The van der Waals surface area contributed by atoms with Crippen LogP contribution in [0.25, 0.3) is 0 Å². The van der Waals surface area contributed by atoms with Gasteiger partial charge in [-0.25, -0.2) is 0 Å². The summed E-state index contributed by atoms with van der Waals surface area (Å²) >= 11 is 0. The van der Waals surface area contributed by atoms with Crippen LogP contribution in [0.1, 0.15) is 70.4 Å². The third-order valence-corrected chi connectivity index (χ3v) is 5.15. The normalized spacial score (nSPS) is 15.0. The highest BCUT2D eigenvalue weighted by atomic mass is 16.2. The van der Waals surface area contributed by atoms with E-state index in [1.54, 1.807) is 6.07 Å². The minimum atomic E-state index is -0.227. The second-order valence-corrected chi connectivity index (χ2v) is 7.23. The van der Waals surface area contributed by atoms with Crippen LogP contribution in [0.15, 0.2) is 42.7 Å². The molecule has 1 aromatic heterocycles. The van der Waals surface area contributed by atoms with Gasteiger partial charge in [-0.05, 0) is 37.0 Å². The van der Waals surface area contributed by atoms with E-state index in [0.717, 1.165) is 36.8 Å². The Labute approximate surface area is 160 Å².